The minimum atomic E-state index is -0.344. The molecule has 0 spiro atoms. The van der Waals surface area contributed by atoms with E-state index >= 15 is 0 Å². The summed E-state index contributed by atoms with van der Waals surface area (Å²) in [4.78, 5) is 29.7. The van der Waals surface area contributed by atoms with Crippen molar-refractivity contribution in [3.63, 3.8) is 0 Å². The number of hydrogen-bond donors (Lipinski definition) is 1. The van der Waals surface area contributed by atoms with Crippen molar-refractivity contribution in [3.8, 4) is 0 Å². The van der Waals surface area contributed by atoms with Crippen LogP contribution in [0.4, 0.5) is 0 Å². The highest BCUT2D eigenvalue weighted by Crippen LogP contribution is 2.38. The Morgan fingerprint density at radius 2 is 1.93 bits per heavy atom. The van der Waals surface area contributed by atoms with Crippen molar-refractivity contribution < 1.29 is 14.3 Å². The second kappa shape index (κ2) is 9.85. The van der Waals surface area contributed by atoms with E-state index in [0.29, 0.717) is 19.7 Å². The van der Waals surface area contributed by atoms with E-state index in [9.17, 15) is 9.59 Å². The molecular formula is C21H31N3O3. The lowest BCUT2D eigenvalue weighted by atomic mass is 9.92. The molecule has 0 aliphatic carbocycles. The number of amides is 2. The van der Waals surface area contributed by atoms with Crippen LogP contribution in [0.15, 0.2) is 30.3 Å². The van der Waals surface area contributed by atoms with Gasteiger partial charge in [-0.3, -0.25) is 9.59 Å². The van der Waals surface area contributed by atoms with E-state index in [1.54, 1.807) is 12.0 Å². The summed E-state index contributed by atoms with van der Waals surface area (Å²) >= 11 is 0. The fourth-order valence-electron chi connectivity index (χ4n) is 4.19. The highest BCUT2D eigenvalue weighted by Gasteiger charge is 2.44. The largest absolute Gasteiger partial charge is 0.383 e. The first-order valence-corrected chi connectivity index (χ1v) is 10.0. The number of likely N-dealkylation sites (tertiary alicyclic amines) is 2. The molecule has 2 saturated heterocycles. The number of hydrogen-bond acceptors (Lipinski definition) is 4. The van der Waals surface area contributed by atoms with Crippen LogP contribution >= 0.6 is 0 Å². The smallest absolute Gasteiger partial charge is 0.226 e. The maximum atomic E-state index is 12.9. The summed E-state index contributed by atoms with van der Waals surface area (Å²) in [5.41, 5.74) is 1.01. The third kappa shape index (κ3) is 5.08. The van der Waals surface area contributed by atoms with Crippen molar-refractivity contribution in [2.24, 2.45) is 5.92 Å². The number of carbonyl (C=O) groups excluding carboxylic acids is 2. The number of carbonyl (C=O) groups is 2. The van der Waals surface area contributed by atoms with Gasteiger partial charge in [-0.2, -0.15) is 0 Å². The summed E-state index contributed by atoms with van der Waals surface area (Å²) in [5, 5.41) is 3.07. The molecule has 0 aromatic heterocycles. The molecule has 1 N–H and O–H groups in total. The predicted octanol–water partition coefficient (Wildman–Crippen LogP) is 1.82. The average molecular weight is 373 g/mol. The van der Waals surface area contributed by atoms with Crippen LogP contribution in [0.25, 0.3) is 0 Å². The van der Waals surface area contributed by atoms with Crippen LogP contribution in [0.1, 0.15) is 37.3 Å². The van der Waals surface area contributed by atoms with Crippen LogP contribution in [-0.4, -0.2) is 68.1 Å². The number of rotatable bonds is 9. The molecule has 0 unspecified atom stereocenters. The van der Waals surface area contributed by atoms with Crippen LogP contribution in [0, 0.1) is 5.92 Å². The number of nitrogens with one attached hydrogen (secondary N) is 1. The molecule has 0 saturated carbocycles. The minimum absolute atomic E-state index is 0.0152. The molecule has 1 aromatic rings. The maximum absolute atomic E-state index is 12.9. The van der Waals surface area contributed by atoms with Gasteiger partial charge in [-0.1, -0.05) is 30.3 Å². The highest BCUT2D eigenvalue weighted by atomic mass is 16.5. The molecule has 3 rings (SSSR count). The monoisotopic (exact) mass is 373 g/mol. The van der Waals surface area contributed by atoms with Gasteiger partial charge >= 0.3 is 0 Å². The van der Waals surface area contributed by atoms with Gasteiger partial charge in [0.15, 0.2) is 0 Å². The first-order chi connectivity index (χ1) is 13.2. The van der Waals surface area contributed by atoms with Gasteiger partial charge in [-0.05, 0) is 44.5 Å². The quantitative estimate of drug-likeness (QED) is 0.671. The topological polar surface area (TPSA) is 61.9 Å². The molecule has 27 heavy (non-hydrogen) atoms. The van der Waals surface area contributed by atoms with Crippen LogP contribution in [0.3, 0.4) is 0 Å². The van der Waals surface area contributed by atoms with E-state index in [4.69, 9.17) is 4.74 Å². The molecule has 2 amide bonds. The maximum Gasteiger partial charge on any atom is 0.226 e. The van der Waals surface area contributed by atoms with Gasteiger partial charge < -0.3 is 19.9 Å². The fraction of sp³-hybridized carbons (Fsp3) is 0.619. The third-order valence-corrected chi connectivity index (χ3v) is 5.59. The molecule has 1 aromatic carbocycles. The van der Waals surface area contributed by atoms with Crippen molar-refractivity contribution >= 4 is 11.8 Å². The van der Waals surface area contributed by atoms with Gasteiger partial charge in [-0.25, -0.2) is 0 Å². The Morgan fingerprint density at radius 3 is 2.63 bits per heavy atom. The summed E-state index contributed by atoms with van der Waals surface area (Å²) in [6, 6.07) is 9.64. The molecule has 2 fully saturated rings. The van der Waals surface area contributed by atoms with E-state index in [1.165, 1.54) is 25.9 Å². The summed E-state index contributed by atoms with van der Waals surface area (Å²) in [6.07, 6.45) is 3.79. The summed E-state index contributed by atoms with van der Waals surface area (Å²) in [5.74, 6) is -0.333. The van der Waals surface area contributed by atoms with E-state index in [1.807, 2.05) is 30.3 Å². The Bertz CT molecular complexity index is 616. The Morgan fingerprint density at radius 1 is 1.19 bits per heavy atom. The van der Waals surface area contributed by atoms with Gasteiger partial charge in [0.1, 0.15) is 0 Å². The van der Waals surface area contributed by atoms with E-state index in [2.05, 4.69) is 10.2 Å². The van der Waals surface area contributed by atoms with Crippen LogP contribution in [0.2, 0.25) is 0 Å². The first-order valence-electron chi connectivity index (χ1n) is 10.0. The van der Waals surface area contributed by atoms with Crippen molar-refractivity contribution in [1.82, 2.24) is 15.1 Å². The second-order valence-electron chi connectivity index (χ2n) is 7.44. The van der Waals surface area contributed by atoms with Crippen LogP contribution in [0.5, 0.6) is 0 Å². The van der Waals surface area contributed by atoms with Crippen molar-refractivity contribution in [2.75, 3.05) is 46.4 Å². The van der Waals surface area contributed by atoms with Gasteiger partial charge in [0.2, 0.25) is 11.8 Å². The molecule has 2 atom stereocenters. The number of nitrogens with zero attached hydrogens (tertiary/aromatic N) is 2. The normalized spacial score (nSPS) is 23.1. The molecule has 2 aliphatic rings. The Hall–Kier alpha value is -1.92. The molecule has 6 heteroatoms. The van der Waals surface area contributed by atoms with Crippen molar-refractivity contribution in [2.45, 2.75) is 31.7 Å². The summed E-state index contributed by atoms with van der Waals surface area (Å²) < 4.78 is 5.16. The van der Waals surface area contributed by atoms with Crippen LogP contribution < -0.4 is 5.32 Å². The van der Waals surface area contributed by atoms with Gasteiger partial charge in [-0.15, -0.1) is 0 Å². The molecule has 2 aliphatic heterocycles. The lowest BCUT2D eigenvalue weighted by Crippen LogP contribution is -2.37. The fourth-order valence-corrected chi connectivity index (χ4v) is 4.19. The molecule has 148 valence electrons. The lowest BCUT2D eigenvalue weighted by molar-refractivity contribution is -0.129. The molecular weight excluding hydrogens is 342 g/mol. The average Bonchev–Trinajstić information content (AvgIpc) is 3.32. The summed E-state index contributed by atoms with van der Waals surface area (Å²) in [7, 11) is 1.63. The molecule has 0 radical (unpaired) electrons. The summed E-state index contributed by atoms with van der Waals surface area (Å²) in [6.45, 7) is 5.03. The second-order valence-corrected chi connectivity index (χ2v) is 7.44. The highest BCUT2D eigenvalue weighted by molar-refractivity contribution is 5.90. The molecule has 2 heterocycles. The zero-order valence-electron chi connectivity index (χ0n) is 16.2. The first kappa shape index (κ1) is 19.8. The Labute approximate surface area is 161 Å². The molecule has 6 nitrogen and oxygen atoms in total. The molecule has 0 bridgehead atoms. The minimum Gasteiger partial charge on any atom is -0.383 e. The van der Waals surface area contributed by atoms with Crippen LogP contribution in [-0.2, 0) is 14.3 Å². The zero-order chi connectivity index (χ0) is 19.1. The van der Waals surface area contributed by atoms with Gasteiger partial charge in [0.05, 0.1) is 18.6 Å². The predicted molar refractivity (Wildman–Crippen MR) is 104 cm³/mol. The van der Waals surface area contributed by atoms with Gasteiger partial charge in [0, 0.05) is 26.6 Å². The lowest BCUT2D eigenvalue weighted by Gasteiger charge is -2.28. The van der Waals surface area contributed by atoms with Crippen molar-refractivity contribution in [3.05, 3.63) is 35.9 Å². The Kier molecular flexibility index (Phi) is 7.24. The van der Waals surface area contributed by atoms with E-state index in [0.717, 1.165) is 18.5 Å². The SMILES string of the molecule is COCCN1C(=O)C[C@@H](C(=O)NCCCN2CCCC2)[C@@H]1c1ccccc1. The number of benzene rings is 1. The number of methoxy groups -OCH3 is 1. The van der Waals surface area contributed by atoms with Gasteiger partial charge in [0.25, 0.3) is 0 Å². The van der Waals surface area contributed by atoms with E-state index < -0.39 is 0 Å². The zero-order valence-corrected chi connectivity index (χ0v) is 16.2. The van der Waals surface area contributed by atoms with E-state index in [-0.39, 0.29) is 30.2 Å². The third-order valence-electron chi connectivity index (χ3n) is 5.59. The standard InChI is InChI=1S/C21H31N3O3/c1-27-15-14-24-19(25)16-18(20(24)17-8-3-2-4-9-17)21(26)22-10-7-13-23-11-5-6-12-23/h2-4,8-9,18,20H,5-7,10-16H2,1H3,(H,22,26)/t18-,20+/m1/s1. The van der Waals surface area contributed by atoms with Crippen molar-refractivity contribution in [1.29, 1.82) is 0 Å². The number of ether oxygens (including phenoxy) is 1. The Balaban J connectivity index is 1.60.